The first kappa shape index (κ1) is 14.4. The van der Waals surface area contributed by atoms with Gasteiger partial charge in [-0.25, -0.2) is 22.6 Å². The van der Waals surface area contributed by atoms with Crippen molar-refractivity contribution >= 4 is 15.8 Å². The van der Waals surface area contributed by atoms with Crippen molar-refractivity contribution in [3.8, 4) is 0 Å². The summed E-state index contributed by atoms with van der Waals surface area (Å²) in [4.78, 5) is 8.18. The maximum Gasteiger partial charge on any atom is 0.284 e. The molecular weight excluding hydrogens is 294 g/mol. The lowest BCUT2D eigenvalue weighted by Crippen LogP contribution is -2.32. The molecule has 9 heteroatoms. The van der Waals surface area contributed by atoms with Crippen molar-refractivity contribution in [2.24, 2.45) is 0 Å². The quantitative estimate of drug-likeness (QED) is 0.866. The van der Waals surface area contributed by atoms with Crippen LogP contribution >= 0.6 is 0 Å². The van der Waals surface area contributed by atoms with Crippen LogP contribution in [-0.2, 0) is 14.8 Å². The summed E-state index contributed by atoms with van der Waals surface area (Å²) in [6, 6.07) is 1.82. The number of nitrogens with one attached hydrogen (secondary N) is 1. The molecule has 0 bridgehead atoms. The molecule has 0 unspecified atom stereocenters. The van der Waals surface area contributed by atoms with Crippen LogP contribution in [0.3, 0.4) is 0 Å². The first-order chi connectivity index (χ1) is 9.95. The average molecular weight is 311 g/mol. The number of nitrogens with zero attached hydrogens (tertiary/aromatic N) is 4. The molecule has 3 rings (SSSR count). The summed E-state index contributed by atoms with van der Waals surface area (Å²) in [5.41, 5.74) is 1.55. The zero-order chi connectivity index (χ0) is 15.0. The van der Waals surface area contributed by atoms with Gasteiger partial charge in [0.1, 0.15) is 0 Å². The Morgan fingerprint density at radius 2 is 2.24 bits per heavy atom. The van der Waals surface area contributed by atoms with Crippen molar-refractivity contribution in [2.75, 3.05) is 13.2 Å². The fourth-order valence-electron chi connectivity index (χ4n) is 2.33. The van der Waals surface area contributed by atoms with Crippen LogP contribution in [0, 0.1) is 13.8 Å². The predicted molar refractivity (Wildman–Crippen MR) is 74.4 cm³/mol. The van der Waals surface area contributed by atoms with Gasteiger partial charge in [0.25, 0.3) is 21.0 Å². The number of hydrogen-bond donors (Lipinski definition) is 1. The minimum absolute atomic E-state index is 0.0705. The maximum atomic E-state index is 12.2. The molecule has 0 spiro atoms. The van der Waals surface area contributed by atoms with E-state index in [2.05, 4.69) is 19.8 Å². The predicted octanol–water partition coefficient (Wildman–Crippen LogP) is 0.198. The van der Waals surface area contributed by atoms with Crippen LogP contribution in [0.5, 0.6) is 0 Å². The van der Waals surface area contributed by atoms with Gasteiger partial charge >= 0.3 is 0 Å². The largest absolute Gasteiger partial charge is 0.377 e. The van der Waals surface area contributed by atoms with Crippen LogP contribution in [0.15, 0.2) is 11.2 Å². The van der Waals surface area contributed by atoms with Gasteiger partial charge in [-0.2, -0.15) is 4.98 Å². The van der Waals surface area contributed by atoms with E-state index in [1.807, 2.05) is 19.9 Å². The maximum absolute atomic E-state index is 12.2. The van der Waals surface area contributed by atoms with Crippen molar-refractivity contribution in [3.63, 3.8) is 0 Å². The highest BCUT2D eigenvalue weighted by Gasteiger charge is 2.24. The molecule has 1 fully saturated rings. The van der Waals surface area contributed by atoms with Crippen molar-refractivity contribution in [1.29, 1.82) is 0 Å². The minimum atomic E-state index is -3.75. The lowest BCUT2D eigenvalue weighted by Gasteiger charge is -2.09. The molecule has 8 nitrogen and oxygen atoms in total. The summed E-state index contributed by atoms with van der Waals surface area (Å²) in [5, 5.41) is 3.76. The molecule has 0 saturated carbocycles. The van der Waals surface area contributed by atoms with E-state index in [0.29, 0.717) is 6.61 Å². The first-order valence-corrected chi connectivity index (χ1v) is 8.26. The fourth-order valence-corrected chi connectivity index (χ4v) is 3.26. The third-order valence-electron chi connectivity index (χ3n) is 3.36. The SMILES string of the molecule is Cc1cc(C)n2nc(S(=O)(=O)NC[C@H]3CCCO3)nc2n1. The van der Waals surface area contributed by atoms with Crippen LogP contribution in [-0.4, -0.2) is 47.3 Å². The Morgan fingerprint density at radius 3 is 2.95 bits per heavy atom. The lowest BCUT2D eigenvalue weighted by molar-refractivity contribution is 0.114. The summed E-state index contributed by atoms with van der Waals surface area (Å²) >= 11 is 0. The molecule has 2 aromatic rings. The fraction of sp³-hybridized carbons (Fsp3) is 0.583. The highest BCUT2D eigenvalue weighted by molar-refractivity contribution is 7.89. The second-order valence-electron chi connectivity index (χ2n) is 5.13. The highest BCUT2D eigenvalue weighted by Crippen LogP contribution is 2.12. The molecule has 1 aliphatic heterocycles. The molecule has 1 aliphatic rings. The number of rotatable bonds is 4. The van der Waals surface area contributed by atoms with Crippen LogP contribution in [0.25, 0.3) is 5.78 Å². The van der Waals surface area contributed by atoms with Crippen LogP contribution in [0.4, 0.5) is 0 Å². The van der Waals surface area contributed by atoms with Crippen LogP contribution < -0.4 is 4.72 Å². The van der Waals surface area contributed by atoms with Gasteiger partial charge in [0.15, 0.2) is 0 Å². The van der Waals surface area contributed by atoms with E-state index in [9.17, 15) is 8.42 Å². The monoisotopic (exact) mass is 311 g/mol. The van der Waals surface area contributed by atoms with Crippen molar-refractivity contribution in [3.05, 3.63) is 17.5 Å². The molecule has 1 saturated heterocycles. The number of fused-ring (bicyclic) bond motifs is 1. The Bertz CT molecular complexity index is 765. The standard InChI is InChI=1S/C12H17N5O3S/c1-8-6-9(2)17-11(14-8)15-12(16-17)21(18,19)13-7-10-4-3-5-20-10/h6,10,13H,3-5,7H2,1-2H3/t10-/m1/s1. The van der Waals surface area contributed by atoms with E-state index in [-0.39, 0.29) is 23.6 Å². The summed E-state index contributed by atoms with van der Waals surface area (Å²) < 4.78 is 33.8. The van der Waals surface area contributed by atoms with E-state index in [1.54, 1.807) is 0 Å². The summed E-state index contributed by atoms with van der Waals surface area (Å²) in [6.45, 7) is 4.57. The Kier molecular flexibility index (Phi) is 3.64. The van der Waals surface area contributed by atoms with Gasteiger partial charge in [-0.1, -0.05) is 0 Å². The third kappa shape index (κ3) is 2.89. The molecule has 0 aromatic carbocycles. The number of aryl methyl sites for hydroxylation is 2. The van der Waals surface area contributed by atoms with E-state index in [0.717, 1.165) is 24.2 Å². The van der Waals surface area contributed by atoms with Gasteiger partial charge in [-0.15, -0.1) is 5.10 Å². The zero-order valence-electron chi connectivity index (χ0n) is 11.9. The zero-order valence-corrected chi connectivity index (χ0v) is 12.7. The van der Waals surface area contributed by atoms with Gasteiger partial charge in [0.2, 0.25) is 0 Å². The number of hydrogen-bond acceptors (Lipinski definition) is 6. The molecule has 0 aliphatic carbocycles. The molecule has 1 atom stereocenters. The summed E-state index contributed by atoms with van der Waals surface area (Å²) in [5.74, 6) is 0.282. The Labute approximate surface area is 122 Å². The van der Waals surface area contributed by atoms with Crippen LogP contribution in [0.1, 0.15) is 24.2 Å². The van der Waals surface area contributed by atoms with E-state index in [1.165, 1.54) is 4.52 Å². The molecule has 0 radical (unpaired) electrons. The molecule has 2 aromatic heterocycles. The van der Waals surface area contributed by atoms with Crippen LogP contribution in [0.2, 0.25) is 0 Å². The third-order valence-corrected chi connectivity index (χ3v) is 4.56. The van der Waals surface area contributed by atoms with E-state index < -0.39 is 10.0 Å². The molecule has 21 heavy (non-hydrogen) atoms. The number of sulfonamides is 1. The van der Waals surface area contributed by atoms with Crippen molar-refractivity contribution < 1.29 is 13.2 Å². The lowest BCUT2D eigenvalue weighted by atomic mass is 10.2. The first-order valence-electron chi connectivity index (χ1n) is 6.78. The second kappa shape index (κ2) is 5.32. The minimum Gasteiger partial charge on any atom is -0.377 e. The normalized spacial score (nSPS) is 19.4. The number of aromatic nitrogens is 4. The van der Waals surface area contributed by atoms with E-state index >= 15 is 0 Å². The smallest absolute Gasteiger partial charge is 0.284 e. The molecule has 1 N–H and O–H groups in total. The molecule has 3 heterocycles. The average Bonchev–Trinajstić information content (AvgIpc) is 3.05. The summed E-state index contributed by atoms with van der Waals surface area (Å²) in [7, 11) is -3.75. The molecular formula is C12H17N5O3S. The molecule has 0 amide bonds. The van der Waals surface area contributed by atoms with Gasteiger partial charge < -0.3 is 4.74 Å². The molecule has 114 valence electrons. The highest BCUT2D eigenvalue weighted by atomic mass is 32.2. The van der Waals surface area contributed by atoms with Crippen molar-refractivity contribution in [1.82, 2.24) is 24.3 Å². The Hall–Kier alpha value is -1.58. The second-order valence-corrected chi connectivity index (χ2v) is 6.79. The topological polar surface area (TPSA) is 98.5 Å². The number of ether oxygens (including phenoxy) is 1. The Morgan fingerprint density at radius 1 is 1.43 bits per heavy atom. The summed E-state index contributed by atoms with van der Waals surface area (Å²) in [6.07, 6.45) is 1.75. The van der Waals surface area contributed by atoms with Gasteiger partial charge in [0.05, 0.1) is 6.10 Å². The van der Waals surface area contributed by atoms with Gasteiger partial charge in [0, 0.05) is 24.5 Å². The Balaban J connectivity index is 1.86. The van der Waals surface area contributed by atoms with Crippen molar-refractivity contribution in [2.45, 2.75) is 37.9 Å². The van der Waals surface area contributed by atoms with Gasteiger partial charge in [-0.05, 0) is 32.8 Å². The van der Waals surface area contributed by atoms with E-state index in [4.69, 9.17) is 4.74 Å². The van der Waals surface area contributed by atoms with Gasteiger partial charge in [-0.3, -0.25) is 0 Å².